The van der Waals surface area contributed by atoms with Crippen molar-refractivity contribution in [3.63, 3.8) is 0 Å². The number of allylic oxidation sites excluding steroid dienone is 2. The zero-order valence-electron chi connectivity index (χ0n) is 15.1. The summed E-state index contributed by atoms with van der Waals surface area (Å²) in [6, 6.07) is 0. The molecule has 4 heteroatoms. The van der Waals surface area contributed by atoms with Gasteiger partial charge in [0.25, 0.3) is 0 Å². The lowest BCUT2D eigenvalue weighted by Crippen LogP contribution is -2.46. The fourth-order valence-electron chi connectivity index (χ4n) is 4.39. The number of hydrogen-bond donors (Lipinski definition) is 1. The molecule has 134 valence electrons. The van der Waals surface area contributed by atoms with Crippen molar-refractivity contribution >= 4 is 5.97 Å². The minimum Gasteiger partial charge on any atom is -0.456 e. The molecule has 2 fully saturated rings. The van der Waals surface area contributed by atoms with E-state index in [1.165, 1.54) is 5.57 Å². The van der Waals surface area contributed by atoms with Gasteiger partial charge < -0.3 is 14.6 Å². The minimum absolute atomic E-state index is 0.137. The topological polar surface area (TPSA) is 55.8 Å². The molecule has 1 N–H and O–H groups in total. The number of carbonyl (C=O) groups excluding carboxylic acids is 1. The van der Waals surface area contributed by atoms with Crippen LogP contribution in [0.2, 0.25) is 0 Å². The van der Waals surface area contributed by atoms with E-state index in [4.69, 9.17) is 9.47 Å². The van der Waals surface area contributed by atoms with Crippen LogP contribution in [-0.4, -0.2) is 35.0 Å². The van der Waals surface area contributed by atoms with Crippen molar-refractivity contribution in [2.75, 3.05) is 0 Å². The van der Waals surface area contributed by atoms with Gasteiger partial charge in [0.2, 0.25) is 0 Å². The molecule has 4 nitrogen and oxygen atoms in total. The van der Waals surface area contributed by atoms with Gasteiger partial charge in [0.05, 0.1) is 17.8 Å². The Bertz CT molecular complexity index is 552. The van der Waals surface area contributed by atoms with Crippen LogP contribution in [0, 0.1) is 11.8 Å². The Balaban J connectivity index is 1.95. The van der Waals surface area contributed by atoms with Crippen LogP contribution in [0.5, 0.6) is 0 Å². The first kappa shape index (κ1) is 17.7. The lowest BCUT2D eigenvalue weighted by atomic mass is 9.82. The van der Waals surface area contributed by atoms with Gasteiger partial charge in [0, 0.05) is 11.5 Å². The molecule has 0 aromatic rings. The second kappa shape index (κ2) is 6.64. The van der Waals surface area contributed by atoms with Crippen molar-refractivity contribution in [1.29, 1.82) is 0 Å². The van der Waals surface area contributed by atoms with E-state index in [-0.39, 0.29) is 30.0 Å². The third-order valence-electron chi connectivity index (χ3n) is 6.19. The highest BCUT2D eigenvalue weighted by molar-refractivity contribution is 5.90. The maximum absolute atomic E-state index is 12.0. The van der Waals surface area contributed by atoms with E-state index in [2.05, 4.69) is 26.5 Å². The first-order valence-electron chi connectivity index (χ1n) is 9.23. The van der Waals surface area contributed by atoms with Crippen LogP contribution in [0.3, 0.4) is 0 Å². The molecule has 0 spiro atoms. The predicted octanol–water partition coefficient (Wildman–Crippen LogP) is 3.54. The summed E-state index contributed by atoms with van der Waals surface area (Å²) in [6.07, 6.45) is 6.54. The number of carbonyl (C=O) groups is 1. The number of ether oxygens (including phenoxy) is 2. The number of rotatable bonds is 0. The highest BCUT2D eigenvalue weighted by atomic mass is 16.6. The number of hydrogen-bond acceptors (Lipinski definition) is 4. The van der Waals surface area contributed by atoms with Crippen LogP contribution in [-0.2, 0) is 14.3 Å². The molecule has 6 atom stereocenters. The Morgan fingerprint density at radius 1 is 1.38 bits per heavy atom. The highest BCUT2D eigenvalue weighted by Crippen LogP contribution is 2.44. The lowest BCUT2D eigenvalue weighted by Gasteiger charge is -2.38. The van der Waals surface area contributed by atoms with Crippen LogP contribution in [0.4, 0.5) is 0 Å². The van der Waals surface area contributed by atoms with Gasteiger partial charge in [0.15, 0.2) is 0 Å². The zero-order chi connectivity index (χ0) is 17.5. The minimum atomic E-state index is -0.622. The molecule has 2 saturated heterocycles. The summed E-state index contributed by atoms with van der Waals surface area (Å²) < 4.78 is 12.1. The van der Waals surface area contributed by atoms with Crippen LogP contribution in [0.25, 0.3) is 0 Å². The maximum Gasteiger partial charge on any atom is 0.334 e. The fourth-order valence-corrected chi connectivity index (χ4v) is 4.39. The van der Waals surface area contributed by atoms with Crippen LogP contribution in [0.1, 0.15) is 59.3 Å². The van der Waals surface area contributed by atoms with Gasteiger partial charge in [-0.15, -0.1) is 0 Å². The van der Waals surface area contributed by atoms with Crippen molar-refractivity contribution in [3.05, 3.63) is 23.8 Å². The van der Waals surface area contributed by atoms with Crippen molar-refractivity contribution in [1.82, 2.24) is 0 Å². The molecular weight excluding hydrogens is 304 g/mol. The first-order chi connectivity index (χ1) is 11.3. The molecule has 0 amide bonds. The SMILES string of the molecule is C=C1C(=O)O[C@H]2[C@H]3O[C@](C)(CCC=C(C)CCC[C@H]3C)[C@H](O)C[C@@H]12. The lowest BCUT2D eigenvalue weighted by molar-refractivity contribution is -0.182. The fraction of sp³-hybridized carbons (Fsp3) is 0.750. The summed E-state index contributed by atoms with van der Waals surface area (Å²) >= 11 is 0. The van der Waals surface area contributed by atoms with Crippen LogP contribution in [0.15, 0.2) is 23.8 Å². The summed E-state index contributed by atoms with van der Waals surface area (Å²) in [5, 5.41) is 10.9. The number of esters is 1. The van der Waals surface area contributed by atoms with E-state index in [9.17, 15) is 9.90 Å². The third-order valence-corrected chi connectivity index (χ3v) is 6.19. The van der Waals surface area contributed by atoms with Crippen molar-refractivity contribution in [2.24, 2.45) is 11.8 Å². The predicted molar refractivity (Wildman–Crippen MR) is 92.4 cm³/mol. The molecule has 24 heavy (non-hydrogen) atoms. The van der Waals surface area contributed by atoms with Crippen LogP contribution >= 0.6 is 0 Å². The summed E-state index contributed by atoms with van der Waals surface area (Å²) in [5.74, 6) is -0.197. The van der Waals surface area contributed by atoms with Gasteiger partial charge in [-0.1, -0.05) is 25.2 Å². The smallest absolute Gasteiger partial charge is 0.334 e. The van der Waals surface area contributed by atoms with Gasteiger partial charge in [-0.2, -0.15) is 0 Å². The third kappa shape index (κ3) is 3.18. The Morgan fingerprint density at radius 3 is 2.88 bits per heavy atom. The molecule has 0 aromatic carbocycles. The van der Waals surface area contributed by atoms with Crippen molar-refractivity contribution in [3.8, 4) is 0 Å². The Kier molecular flexibility index (Phi) is 4.89. The van der Waals surface area contributed by atoms with Gasteiger partial charge in [-0.3, -0.25) is 0 Å². The zero-order valence-corrected chi connectivity index (χ0v) is 15.1. The molecule has 3 aliphatic heterocycles. The van der Waals surface area contributed by atoms with Gasteiger partial charge in [-0.25, -0.2) is 4.79 Å². The summed E-state index contributed by atoms with van der Waals surface area (Å²) in [6.45, 7) is 10.3. The standard InChI is InChI=1S/C20H30O4/c1-12-7-5-9-13(2)17-18-15(14(3)19(22)23-18)11-16(21)20(4,24-17)10-6-8-12/h8,13,15-18,21H,3,5-7,9-11H2,1-2,4H3/t13-,15+,16-,17+,18-,20-/m1/s1. The second-order valence-electron chi connectivity index (χ2n) is 8.11. The average Bonchev–Trinajstić information content (AvgIpc) is 2.72. The molecule has 0 saturated carbocycles. The van der Waals surface area contributed by atoms with E-state index >= 15 is 0 Å². The van der Waals surface area contributed by atoms with Gasteiger partial charge >= 0.3 is 5.97 Å². The molecule has 3 rings (SSSR count). The van der Waals surface area contributed by atoms with E-state index in [0.717, 1.165) is 32.1 Å². The second-order valence-corrected chi connectivity index (χ2v) is 8.11. The van der Waals surface area contributed by atoms with E-state index in [1.807, 2.05) is 6.92 Å². The largest absolute Gasteiger partial charge is 0.456 e. The van der Waals surface area contributed by atoms with Crippen LogP contribution < -0.4 is 0 Å². The molecular formula is C20H30O4. The maximum atomic E-state index is 12.0. The molecule has 0 unspecified atom stereocenters. The van der Waals surface area contributed by atoms with Gasteiger partial charge in [-0.05, 0) is 58.3 Å². The molecule has 0 aliphatic carbocycles. The Labute approximate surface area is 144 Å². The number of aliphatic hydroxyl groups is 1. The van der Waals surface area contributed by atoms with Gasteiger partial charge in [0.1, 0.15) is 6.10 Å². The van der Waals surface area contributed by atoms with Crippen molar-refractivity contribution in [2.45, 2.75) is 83.2 Å². The van der Waals surface area contributed by atoms with E-state index < -0.39 is 11.7 Å². The van der Waals surface area contributed by atoms with E-state index in [0.29, 0.717) is 12.0 Å². The monoisotopic (exact) mass is 334 g/mol. The number of aliphatic hydroxyl groups excluding tert-OH is 1. The first-order valence-corrected chi connectivity index (χ1v) is 9.23. The summed E-state index contributed by atoms with van der Waals surface area (Å²) in [5.41, 5.74) is 1.29. The van der Waals surface area contributed by atoms with E-state index in [1.54, 1.807) is 0 Å². The van der Waals surface area contributed by atoms with Crippen molar-refractivity contribution < 1.29 is 19.4 Å². The molecule has 2 bridgehead atoms. The highest BCUT2D eigenvalue weighted by Gasteiger charge is 2.53. The normalized spacial score (nSPS) is 44.0. The molecule has 0 radical (unpaired) electrons. The molecule has 0 aromatic heterocycles. The number of fused-ring (bicyclic) bond motifs is 4. The molecule has 3 aliphatic rings. The summed E-state index contributed by atoms with van der Waals surface area (Å²) in [4.78, 5) is 12.0. The average molecular weight is 334 g/mol. The Morgan fingerprint density at radius 2 is 2.12 bits per heavy atom. The Hall–Kier alpha value is -1.13. The summed E-state index contributed by atoms with van der Waals surface area (Å²) in [7, 11) is 0. The molecule has 3 heterocycles. The quantitative estimate of drug-likeness (QED) is 0.418.